The Bertz CT molecular complexity index is 66.3. The Morgan fingerprint density at radius 1 is 1.30 bits per heavy atom. The van der Waals surface area contributed by atoms with E-state index in [1.54, 1.807) is 7.11 Å². The normalized spacial score (nSPS) is 13.5. The summed E-state index contributed by atoms with van der Waals surface area (Å²) in [5.74, 6) is 0. The Hall–Kier alpha value is -0.0800. The average Bonchev–Trinajstić information content (AvgIpc) is 1.98. The summed E-state index contributed by atoms with van der Waals surface area (Å²) >= 11 is 0. The van der Waals surface area contributed by atoms with E-state index in [-0.39, 0.29) is 6.23 Å². The number of ether oxygens (including phenoxy) is 1. The fourth-order valence-corrected chi connectivity index (χ4v) is 0.890. The van der Waals surface area contributed by atoms with Gasteiger partial charge in [0.15, 0.2) is 0 Å². The van der Waals surface area contributed by atoms with E-state index in [4.69, 9.17) is 10.5 Å². The molecule has 1 unspecified atom stereocenters. The molecule has 0 aromatic heterocycles. The van der Waals surface area contributed by atoms with Crippen molar-refractivity contribution in [2.24, 2.45) is 5.73 Å². The topological polar surface area (TPSA) is 35.2 Å². The minimum Gasteiger partial charge on any atom is -0.367 e. The van der Waals surface area contributed by atoms with Crippen molar-refractivity contribution in [2.45, 2.75) is 45.3 Å². The zero-order valence-corrected chi connectivity index (χ0v) is 7.10. The highest BCUT2D eigenvalue weighted by molar-refractivity contribution is 4.47. The van der Waals surface area contributed by atoms with Crippen LogP contribution in [0.25, 0.3) is 0 Å². The van der Waals surface area contributed by atoms with Crippen LogP contribution in [-0.2, 0) is 4.74 Å². The Kier molecular flexibility index (Phi) is 6.98. The molecule has 0 aliphatic rings. The molecule has 0 amide bonds. The zero-order chi connectivity index (χ0) is 7.82. The van der Waals surface area contributed by atoms with Crippen LogP contribution >= 0.6 is 0 Å². The standard InChI is InChI=1S/C8H19NO/c1-3-4-5-6-7-8(9)10-2/h8H,3-7,9H2,1-2H3. The van der Waals surface area contributed by atoms with Crippen molar-refractivity contribution in [2.75, 3.05) is 7.11 Å². The molecule has 62 valence electrons. The molecule has 0 spiro atoms. The fraction of sp³-hybridized carbons (Fsp3) is 1.00. The molecule has 0 radical (unpaired) electrons. The van der Waals surface area contributed by atoms with Crippen molar-refractivity contribution >= 4 is 0 Å². The summed E-state index contributed by atoms with van der Waals surface area (Å²) in [6.45, 7) is 2.20. The average molecular weight is 145 g/mol. The van der Waals surface area contributed by atoms with Gasteiger partial charge in [-0.15, -0.1) is 0 Å². The third-order valence-electron chi connectivity index (χ3n) is 1.64. The van der Waals surface area contributed by atoms with Crippen LogP contribution in [0, 0.1) is 0 Å². The predicted molar refractivity (Wildman–Crippen MR) is 43.7 cm³/mol. The van der Waals surface area contributed by atoms with Gasteiger partial charge in [0.1, 0.15) is 6.23 Å². The highest BCUT2D eigenvalue weighted by Gasteiger charge is 1.97. The van der Waals surface area contributed by atoms with Gasteiger partial charge >= 0.3 is 0 Å². The molecule has 2 heteroatoms. The highest BCUT2D eigenvalue weighted by Crippen LogP contribution is 2.03. The van der Waals surface area contributed by atoms with Crippen molar-refractivity contribution in [1.82, 2.24) is 0 Å². The Labute approximate surface area is 63.7 Å². The van der Waals surface area contributed by atoms with Gasteiger partial charge in [0, 0.05) is 7.11 Å². The molecular formula is C8H19NO. The van der Waals surface area contributed by atoms with Gasteiger partial charge in [-0.2, -0.15) is 0 Å². The zero-order valence-electron chi connectivity index (χ0n) is 7.10. The molecule has 0 heterocycles. The van der Waals surface area contributed by atoms with E-state index in [0.717, 1.165) is 6.42 Å². The monoisotopic (exact) mass is 145 g/mol. The number of unbranched alkanes of at least 4 members (excludes halogenated alkanes) is 3. The van der Waals surface area contributed by atoms with Gasteiger partial charge in [0.05, 0.1) is 0 Å². The molecule has 0 aromatic rings. The minimum atomic E-state index is -0.0446. The summed E-state index contributed by atoms with van der Waals surface area (Å²) < 4.78 is 4.91. The minimum absolute atomic E-state index is 0.0446. The van der Waals surface area contributed by atoms with Gasteiger partial charge in [-0.1, -0.05) is 26.2 Å². The first kappa shape index (κ1) is 9.92. The highest BCUT2D eigenvalue weighted by atomic mass is 16.5. The molecule has 0 saturated carbocycles. The van der Waals surface area contributed by atoms with Crippen LogP contribution in [0.5, 0.6) is 0 Å². The van der Waals surface area contributed by atoms with Crippen LogP contribution in [0.15, 0.2) is 0 Å². The summed E-state index contributed by atoms with van der Waals surface area (Å²) in [5, 5.41) is 0. The first-order valence-corrected chi connectivity index (χ1v) is 4.09. The molecule has 0 aliphatic heterocycles. The summed E-state index contributed by atoms with van der Waals surface area (Å²) in [6.07, 6.45) is 6.03. The molecule has 0 bridgehead atoms. The quantitative estimate of drug-likeness (QED) is 0.457. The molecule has 0 fully saturated rings. The first-order chi connectivity index (χ1) is 4.81. The van der Waals surface area contributed by atoms with E-state index in [1.807, 2.05) is 0 Å². The lowest BCUT2D eigenvalue weighted by Crippen LogP contribution is -2.21. The molecule has 2 N–H and O–H groups in total. The van der Waals surface area contributed by atoms with Gasteiger partial charge in [0.25, 0.3) is 0 Å². The molecule has 0 aliphatic carbocycles. The molecule has 2 nitrogen and oxygen atoms in total. The lowest BCUT2D eigenvalue weighted by molar-refractivity contribution is 0.0984. The van der Waals surface area contributed by atoms with Crippen molar-refractivity contribution in [3.63, 3.8) is 0 Å². The third kappa shape index (κ3) is 6.05. The molecular weight excluding hydrogens is 126 g/mol. The Morgan fingerprint density at radius 3 is 2.50 bits per heavy atom. The van der Waals surface area contributed by atoms with Crippen LogP contribution in [0.2, 0.25) is 0 Å². The summed E-state index contributed by atoms with van der Waals surface area (Å²) in [7, 11) is 1.66. The Balaban J connectivity index is 2.89. The lowest BCUT2D eigenvalue weighted by Gasteiger charge is -2.07. The molecule has 1 atom stereocenters. The summed E-state index contributed by atoms with van der Waals surface area (Å²) in [5.41, 5.74) is 5.53. The van der Waals surface area contributed by atoms with E-state index in [1.165, 1.54) is 25.7 Å². The predicted octanol–water partition coefficient (Wildman–Crippen LogP) is 1.89. The second-order valence-corrected chi connectivity index (χ2v) is 2.62. The number of methoxy groups -OCH3 is 1. The second kappa shape index (κ2) is 7.03. The van der Waals surface area contributed by atoms with Crippen molar-refractivity contribution in [1.29, 1.82) is 0 Å². The lowest BCUT2D eigenvalue weighted by atomic mass is 10.1. The molecule has 0 saturated heterocycles. The van der Waals surface area contributed by atoms with Crippen LogP contribution in [-0.4, -0.2) is 13.3 Å². The maximum atomic E-state index is 5.53. The number of hydrogen-bond acceptors (Lipinski definition) is 2. The molecule has 10 heavy (non-hydrogen) atoms. The van der Waals surface area contributed by atoms with Crippen LogP contribution in [0.1, 0.15) is 39.0 Å². The van der Waals surface area contributed by atoms with Crippen molar-refractivity contribution in [3.8, 4) is 0 Å². The van der Waals surface area contributed by atoms with E-state index < -0.39 is 0 Å². The van der Waals surface area contributed by atoms with Crippen LogP contribution in [0.4, 0.5) is 0 Å². The fourth-order valence-electron chi connectivity index (χ4n) is 0.890. The van der Waals surface area contributed by atoms with E-state index in [2.05, 4.69) is 6.92 Å². The number of rotatable bonds is 6. The van der Waals surface area contributed by atoms with Gasteiger partial charge < -0.3 is 10.5 Å². The van der Waals surface area contributed by atoms with E-state index in [9.17, 15) is 0 Å². The second-order valence-electron chi connectivity index (χ2n) is 2.62. The number of nitrogens with two attached hydrogens (primary N) is 1. The SMILES string of the molecule is CCCCCCC(N)OC. The van der Waals surface area contributed by atoms with E-state index in [0.29, 0.717) is 0 Å². The third-order valence-corrected chi connectivity index (χ3v) is 1.64. The first-order valence-electron chi connectivity index (χ1n) is 4.09. The van der Waals surface area contributed by atoms with E-state index >= 15 is 0 Å². The smallest absolute Gasteiger partial charge is 0.105 e. The Morgan fingerprint density at radius 2 is 2.00 bits per heavy atom. The number of hydrogen-bond donors (Lipinski definition) is 1. The molecule has 0 rings (SSSR count). The van der Waals surface area contributed by atoms with Crippen LogP contribution < -0.4 is 5.73 Å². The van der Waals surface area contributed by atoms with Gasteiger partial charge in [0.2, 0.25) is 0 Å². The molecule has 0 aromatic carbocycles. The van der Waals surface area contributed by atoms with Crippen LogP contribution in [0.3, 0.4) is 0 Å². The largest absolute Gasteiger partial charge is 0.367 e. The van der Waals surface area contributed by atoms with Crippen molar-refractivity contribution < 1.29 is 4.74 Å². The maximum absolute atomic E-state index is 5.53. The maximum Gasteiger partial charge on any atom is 0.105 e. The van der Waals surface area contributed by atoms with Crippen molar-refractivity contribution in [3.05, 3.63) is 0 Å². The van der Waals surface area contributed by atoms with Gasteiger partial charge in [-0.05, 0) is 12.8 Å². The summed E-state index contributed by atoms with van der Waals surface area (Å²) in [4.78, 5) is 0. The van der Waals surface area contributed by atoms with Gasteiger partial charge in [-0.3, -0.25) is 0 Å². The van der Waals surface area contributed by atoms with Gasteiger partial charge in [-0.25, -0.2) is 0 Å². The summed E-state index contributed by atoms with van der Waals surface area (Å²) in [6, 6.07) is 0.